The van der Waals surface area contributed by atoms with Gasteiger partial charge in [0.2, 0.25) is 15.9 Å². The average molecular weight is 460 g/mol. The Bertz CT molecular complexity index is 1060. The molecule has 0 unspecified atom stereocenters. The van der Waals surface area contributed by atoms with Crippen LogP contribution in [0.3, 0.4) is 0 Å². The van der Waals surface area contributed by atoms with E-state index < -0.39 is 10.0 Å². The lowest BCUT2D eigenvalue weighted by Gasteiger charge is -2.34. The molecule has 0 saturated carbocycles. The molecule has 7 nitrogen and oxygen atoms in total. The number of fused-ring (bicyclic) bond motifs is 1. The van der Waals surface area contributed by atoms with Gasteiger partial charge in [-0.2, -0.15) is 0 Å². The van der Waals surface area contributed by atoms with Crippen LogP contribution in [0.15, 0.2) is 39.6 Å². The first kappa shape index (κ1) is 23.0. The number of piperidine rings is 1. The number of carbonyl (C=O) groups excluding carboxylic acids is 1. The molecule has 1 amide bonds. The molecule has 1 fully saturated rings. The SMILES string of the molecule is CC[C@H]1CCCCN1Cc1ccc(CNS(=O)(=O)c2ccc3c(c2)CCCN3C(C)=O)o1. The summed E-state index contributed by atoms with van der Waals surface area (Å²) in [5.41, 5.74) is 1.70. The molecule has 0 aliphatic carbocycles. The number of rotatable bonds is 7. The minimum atomic E-state index is -3.68. The molecule has 32 heavy (non-hydrogen) atoms. The molecule has 2 aromatic rings. The van der Waals surface area contributed by atoms with Gasteiger partial charge in [-0.3, -0.25) is 9.69 Å². The number of anilines is 1. The Morgan fingerprint density at radius 2 is 1.94 bits per heavy atom. The van der Waals surface area contributed by atoms with Crippen LogP contribution >= 0.6 is 0 Å². The molecule has 0 bridgehead atoms. The lowest BCUT2D eigenvalue weighted by molar-refractivity contribution is -0.116. The smallest absolute Gasteiger partial charge is 0.240 e. The van der Waals surface area contributed by atoms with Crippen molar-refractivity contribution in [2.45, 2.75) is 76.4 Å². The second-order valence-electron chi connectivity index (χ2n) is 8.79. The monoisotopic (exact) mass is 459 g/mol. The Morgan fingerprint density at radius 1 is 1.12 bits per heavy atom. The standard InChI is InChI=1S/C24H33N3O4S/c1-3-20-8-4-5-13-26(20)17-22-10-9-21(31-22)16-25-32(29,30)23-11-12-24-19(15-23)7-6-14-27(24)18(2)28/h9-12,15,20,25H,3-8,13-14,16-17H2,1-2H3/t20-/m0/s1. The molecular formula is C24H33N3O4S. The van der Waals surface area contributed by atoms with E-state index in [2.05, 4.69) is 16.5 Å². The number of likely N-dealkylation sites (tertiary alicyclic amines) is 1. The molecule has 8 heteroatoms. The molecule has 4 rings (SSSR count). The molecule has 1 atom stereocenters. The van der Waals surface area contributed by atoms with Gasteiger partial charge in [-0.1, -0.05) is 13.3 Å². The van der Waals surface area contributed by atoms with Crippen molar-refractivity contribution in [1.82, 2.24) is 9.62 Å². The number of benzene rings is 1. The van der Waals surface area contributed by atoms with Crippen molar-refractivity contribution >= 4 is 21.6 Å². The van der Waals surface area contributed by atoms with Gasteiger partial charge in [-0.15, -0.1) is 0 Å². The minimum absolute atomic E-state index is 0.0249. The van der Waals surface area contributed by atoms with Crippen molar-refractivity contribution in [2.75, 3.05) is 18.0 Å². The highest BCUT2D eigenvalue weighted by molar-refractivity contribution is 7.89. The van der Waals surface area contributed by atoms with Gasteiger partial charge in [0.05, 0.1) is 18.0 Å². The maximum Gasteiger partial charge on any atom is 0.240 e. The van der Waals surface area contributed by atoms with Crippen molar-refractivity contribution in [3.8, 4) is 0 Å². The van der Waals surface area contributed by atoms with E-state index in [1.807, 2.05) is 12.1 Å². The largest absolute Gasteiger partial charge is 0.463 e. The van der Waals surface area contributed by atoms with Crippen molar-refractivity contribution in [1.29, 1.82) is 0 Å². The van der Waals surface area contributed by atoms with E-state index in [9.17, 15) is 13.2 Å². The molecular weight excluding hydrogens is 426 g/mol. The molecule has 1 saturated heterocycles. The zero-order chi connectivity index (χ0) is 22.7. The summed E-state index contributed by atoms with van der Waals surface area (Å²) in [6.07, 6.45) is 6.46. The third-order valence-electron chi connectivity index (χ3n) is 6.59. The summed E-state index contributed by atoms with van der Waals surface area (Å²) in [6.45, 7) is 6.39. The lowest BCUT2D eigenvalue weighted by atomic mass is 10.00. The third-order valence-corrected chi connectivity index (χ3v) is 7.99. The van der Waals surface area contributed by atoms with E-state index >= 15 is 0 Å². The first-order valence-corrected chi connectivity index (χ1v) is 13.1. The average Bonchev–Trinajstić information content (AvgIpc) is 3.24. The van der Waals surface area contributed by atoms with Gasteiger partial charge in [0.1, 0.15) is 11.5 Å². The zero-order valence-electron chi connectivity index (χ0n) is 19.0. The number of nitrogens with one attached hydrogen (secondary N) is 1. The first-order valence-electron chi connectivity index (χ1n) is 11.6. The molecule has 0 spiro atoms. The summed E-state index contributed by atoms with van der Waals surface area (Å²) in [6, 6.07) is 9.37. The zero-order valence-corrected chi connectivity index (χ0v) is 19.8. The Morgan fingerprint density at radius 3 is 2.72 bits per heavy atom. The maximum atomic E-state index is 12.9. The highest BCUT2D eigenvalue weighted by Gasteiger charge is 2.24. The number of carbonyl (C=O) groups is 1. The van der Waals surface area contributed by atoms with E-state index in [1.54, 1.807) is 23.1 Å². The molecule has 174 valence electrons. The van der Waals surface area contributed by atoms with Crippen LogP contribution in [0.1, 0.15) is 63.0 Å². The first-order chi connectivity index (χ1) is 15.4. The van der Waals surface area contributed by atoms with Gasteiger partial charge in [0.15, 0.2) is 0 Å². The second-order valence-corrected chi connectivity index (χ2v) is 10.6. The van der Waals surface area contributed by atoms with Gasteiger partial charge < -0.3 is 9.32 Å². The number of amides is 1. The normalized spacial score (nSPS) is 19.7. The van der Waals surface area contributed by atoms with Gasteiger partial charge in [0.25, 0.3) is 0 Å². The number of hydrogen-bond donors (Lipinski definition) is 1. The molecule has 3 heterocycles. The summed E-state index contributed by atoms with van der Waals surface area (Å²) in [5.74, 6) is 1.45. The predicted octanol–water partition coefficient (Wildman–Crippen LogP) is 3.82. The fraction of sp³-hybridized carbons (Fsp3) is 0.542. The van der Waals surface area contributed by atoms with Gasteiger partial charge >= 0.3 is 0 Å². The fourth-order valence-electron chi connectivity index (χ4n) is 4.85. The van der Waals surface area contributed by atoms with Crippen LogP contribution in [0, 0.1) is 0 Å². The van der Waals surface area contributed by atoms with Gasteiger partial charge in [-0.25, -0.2) is 13.1 Å². The van der Waals surface area contributed by atoms with E-state index in [-0.39, 0.29) is 17.3 Å². The van der Waals surface area contributed by atoms with E-state index in [4.69, 9.17) is 4.42 Å². The summed E-state index contributed by atoms with van der Waals surface area (Å²) in [4.78, 5) is 16.2. The van der Waals surface area contributed by atoms with E-state index in [0.29, 0.717) is 18.3 Å². The highest BCUT2D eigenvalue weighted by atomic mass is 32.2. The Balaban J connectivity index is 1.40. The van der Waals surface area contributed by atoms with Crippen LogP contribution in [-0.4, -0.2) is 38.4 Å². The van der Waals surface area contributed by atoms with Crippen LogP contribution in [0.5, 0.6) is 0 Å². The van der Waals surface area contributed by atoms with Crippen LogP contribution in [0.25, 0.3) is 0 Å². The molecule has 2 aliphatic heterocycles. The van der Waals surface area contributed by atoms with Crippen LogP contribution in [-0.2, 0) is 34.3 Å². The van der Waals surface area contributed by atoms with Crippen LogP contribution < -0.4 is 9.62 Å². The molecule has 1 N–H and O–H groups in total. The van der Waals surface area contributed by atoms with E-state index in [1.165, 1.54) is 26.2 Å². The molecule has 1 aromatic carbocycles. The topological polar surface area (TPSA) is 82.9 Å². The summed E-state index contributed by atoms with van der Waals surface area (Å²) in [5, 5.41) is 0. The lowest BCUT2D eigenvalue weighted by Crippen LogP contribution is -2.38. The number of furan rings is 1. The van der Waals surface area contributed by atoms with Crippen molar-refractivity contribution < 1.29 is 17.6 Å². The van der Waals surface area contributed by atoms with Gasteiger partial charge in [0, 0.05) is 25.2 Å². The minimum Gasteiger partial charge on any atom is -0.463 e. The van der Waals surface area contributed by atoms with Gasteiger partial charge in [-0.05, 0) is 74.5 Å². The molecule has 2 aliphatic rings. The van der Waals surface area contributed by atoms with Crippen LogP contribution in [0.2, 0.25) is 0 Å². The number of aryl methyl sites for hydroxylation is 1. The van der Waals surface area contributed by atoms with Crippen molar-refractivity contribution in [2.24, 2.45) is 0 Å². The fourth-order valence-corrected chi connectivity index (χ4v) is 5.89. The Kier molecular flexibility index (Phi) is 7.02. The molecule has 1 aromatic heterocycles. The highest BCUT2D eigenvalue weighted by Crippen LogP contribution is 2.29. The van der Waals surface area contributed by atoms with Crippen molar-refractivity contribution in [3.05, 3.63) is 47.4 Å². The third kappa shape index (κ3) is 5.08. The predicted molar refractivity (Wildman–Crippen MR) is 124 cm³/mol. The number of hydrogen-bond acceptors (Lipinski definition) is 5. The van der Waals surface area contributed by atoms with E-state index in [0.717, 1.165) is 49.4 Å². The number of nitrogens with zero attached hydrogens (tertiary/aromatic N) is 2. The summed E-state index contributed by atoms with van der Waals surface area (Å²) in [7, 11) is -3.68. The quantitative estimate of drug-likeness (QED) is 0.681. The second kappa shape index (κ2) is 9.77. The number of sulfonamides is 1. The van der Waals surface area contributed by atoms with Crippen molar-refractivity contribution in [3.63, 3.8) is 0 Å². The van der Waals surface area contributed by atoms with Crippen LogP contribution in [0.4, 0.5) is 5.69 Å². The Labute approximate surface area is 190 Å². The molecule has 0 radical (unpaired) electrons. The summed E-state index contributed by atoms with van der Waals surface area (Å²) < 4.78 is 34.3. The Hall–Kier alpha value is -2.16. The summed E-state index contributed by atoms with van der Waals surface area (Å²) >= 11 is 0. The maximum absolute atomic E-state index is 12.9.